The lowest BCUT2D eigenvalue weighted by Crippen LogP contribution is -2.07. The minimum Gasteiger partial charge on any atom is -0.345 e. The molecule has 0 aromatic heterocycles. The fraction of sp³-hybridized carbons (Fsp3) is 1.00. The molecule has 0 heterocycles. The van der Waals surface area contributed by atoms with E-state index in [1.807, 2.05) is 0 Å². The number of rotatable bonds is 9. The molecule has 0 rings (SSSR count). The molecule has 0 atom stereocenters. The molecule has 0 saturated heterocycles. The molecule has 0 aliphatic heterocycles. The van der Waals surface area contributed by atoms with E-state index in [1.165, 1.54) is 44.9 Å². The number of hydrogen-bond donors (Lipinski definition) is 0. The highest BCUT2D eigenvalue weighted by Crippen LogP contribution is 2.34. The minimum absolute atomic E-state index is 0.520. The van der Waals surface area contributed by atoms with Gasteiger partial charge in [-0.2, -0.15) is 0 Å². The largest absolute Gasteiger partial charge is 0.345 e. The predicted octanol–water partition coefficient (Wildman–Crippen LogP) is 5.94. The molecule has 0 bridgehead atoms. The van der Waals surface area contributed by atoms with Gasteiger partial charge in [-0.05, 0) is 54.2 Å². The highest BCUT2D eigenvalue weighted by molar-refractivity contribution is 9.39. The summed E-state index contributed by atoms with van der Waals surface area (Å²) >= 11 is 9.90. The van der Waals surface area contributed by atoms with Crippen molar-refractivity contribution in [3.8, 4) is 0 Å². The molecule has 4 heteroatoms. The fourth-order valence-corrected chi connectivity index (χ4v) is 1.91. The van der Waals surface area contributed by atoms with Crippen molar-refractivity contribution in [1.29, 1.82) is 0 Å². The van der Waals surface area contributed by atoms with Crippen molar-refractivity contribution >= 4 is 47.8 Å². The summed E-state index contributed by atoms with van der Waals surface area (Å²) in [7, 11) is 0. The van der Waals surface area contributed by atoms with E-state index in [2.05, 4.69) is 54.7 Å². The lowest BCUT2D eigenvalue weighted by molar-refractivity contribution is 0.150. The first-order chi connectivity index (χ1) is 7.06. The number of hydrogen-bond acceptors (Lipinski definition) is 1. The molecule has 0 N–H and O–H groups in total. The highest BCUT2D eigenvalue weighted by Gasteiger charge is 2.16. The van der Waals surface area contributed by atoms with Gasteiger partial charge < -0.3 is 4.74 Å². The Morgan fingerprint density at radius 3 is 1.73 bits per heavy atom. The van der Waals surface area contributed by atoms with Gasteiger partial charge in [0.25, 0.3) is 0 Å². The normalized spacial score (nSPS) is 12.0. The number of ether oxygens (including phenoxy) is 1. The van der Waals surface area contributed by atoms with Crippen molar-refractivity contribution in [2.75, 3.05) is 6.61 Å². The molecule has 0 amide bonds. The van der Waals surface area contributed by atoms with Crippen LogP contribution < -0.4 is 0 Å². The number of unbranched alkanes of at least 4 members (excludes halogenated alkanes) is 7. The van der Waals surface area contributed by atoms with Crippen molar-refractivity contribution in [3.05, 3.63) is 0 Å². The van der Waals surface area contributed by atoms with E-state index < -0.39 is 2.33 Å². The third-order valence-corrected chi connectivity index (χ3v) is 2.95. The van der Waals surface area contributed by atoms with Crippen LogP contribution in [0.2, 0.25) is 0 Å². The summed E-state index contributed by atoms with van der Waals surface area (Å²) in [5, 5.41) is 0. The van der Waals surface area contributed by atoms with Crippen LogP contribution in [0, 0.1) is 0 Å². The summed E-state index contributed by atoms with van der Waals surface area (Å²) in [6.07, 6.45) is 10.6. The molecule has 0 saturated carbocycles. The lowest BCUT2D eigenvalue weighted by Gasteiger charge is -2.12. The van der Waals surface area contributed by atoms with E-state index in [9.17, 15) is 0 Å². The second-order valence-electron chi connectivity index (χ2n) is 3.77. The smallest absolute Gasteiger partial charge is 0.233 e. The zero-order valence-electron chi connectivity index (χ0n) is 9.41. The van der Waals surface area contributed by atoms with Crippen LogP contribution >= 0.6 is 47.8 Å². The first-order valence-electron chi connectivity index (χ1n) is 5.77. The van der Waals surface area contributed by atoms with E-state index in [0.717, 1.165) is 13.0 Å². The maximum atomic E-state index is 5.42. The molecule has 1 nitrogen and oxygen atoms in total. The third kappa shape index (κ3) is 15.4. The van der Waals surface area contributed by atoms with Crippen LogP contribution in [0.25, 0.3) is 0 Å². The van der Waals surface area contributed by atoms with Gasteiger partial charge in [-0.25, -0.2) is 0 Å². The van der Waals surface area contributed by atoms with E-state index >= 15 is 0 Å². The monoisotopic (exact) mass is 406 g/mol. The van der Waals surface area contributed by atoms with Gasteiger partial charge in [0.15, 0.2) is 0 Å². The maximum absolute atomic E-state index is 5.42. The summed E-state index contributed by atoms with van der Waals surface area (Å²) in [5.74, 6) is 0. The SMILES string of the molecule is CCCCCCCCCCOC(Br)(Br)Br. The van der Waals surface area contributed by atoms with Crippen LogP contribution in [0.3, 0.4) is 0 Å². The molecule has 0 unspecified atom stereocenters. The Balaban J connectivity index is 2.99. The standard InChI is InChI=1S/C11H21Br3O/c1-2-3-4-5-6-7-8-9-10-15-11(12,13)14/h2-10H2,1H3. The van der Waals surface area contributed by atoms with E-state index in [1.54, 1.807) is 0 Å². The molecule has 0 aliphatic carbocycles. The molecular formula is C11H21Br3O. The second kappa shape index (κ2) is 10.5. The summed E-state index contributed by atoms with van der Waals surface area (Å²) in [6.45, 7) is 3.04. The molecule has 15 heavy (non-hydrogen) atoms. The van der Waals surface area contributed by atoms with Crippen LogP contribution in [-0.4, -0.2) is 8.94 Å². The Kier molecular flexibility index (Phi) is 11.5. The quantitative estimate of drug-likeness (QED) is 0.339. The highest BCUT2D eigenvalue weighted by atomic mass is 80.0. The summed E-state index contributed by atoms with van der Waals surface area (Å²) in [4.78, 5) is 0. The maximum Gasteiger partial charge on any atom is 0.233 e. The molecule has 92 valence electrons. The third-order valence-electron chi connectivity index (χ3n) is 2.26. The Morgan fingerprint density at radius 2 is 1.27 bits per heavy atom. The fourth-order valence-electron chi connectivity index (χ4n) is 1.42. The van der Waals surface area contributed by atoms with Crippen molar-refractivity contribution in [3.63, 3.8) is 0 Å². The molecule has 0 aromatic rings. The number of halogens is 3. The van der Waals surface area contributed by atoms with Crippen LogP contribution in [0.1, 0.15) is 58.3 Å². The van der Waals surface area contributed by atoms with Crippen molar-refractivity contribution < 1.29 is 4.74 Å². The topological polar surface area (TPSA) is 9.23 Å². The predicted molar refractivity (Wildman–Crippen MR) is 78.1 cm³/mol. The van der Waals surface area contributed by atoms with Crippen LogP contribution in [0.4, 0.5) is 0 Å². The molecular weight excluding hydrogens is 388 g/mol. The second-order valence-corrected chi connectivity index (χ2v) is 10.3. The zero-order chi connectivity index (χ0) is 11.6. The van der Waals surface area contributed by atoms with Gasteiger partial charge in [0.1, 0.15) is 0 Å². The molecule has 0 aromatic carbocycles. The van der Waals surface area contributed by atoms with E-state index in [0.29, 0.717) is 0 Å². The average Bonchev–Trinajstić information content (AvgIpc) is 2.14. The molecule has 0 spiro atoms. The Hall–Kier alpha value is 1.40. The van der Waals surface area contributed by atoms with Crippen LogP contribution in [-0.2, 0) is 4.74 Å². The molecule has 0 radical (unpaired) electrons. The Morgan fingerprint density at radius 1 is 0.800 bits per heavy atom. The van der Waals surface area contributed by atoms with Gasteiger partial charge in [0, 0.05) is 0 Å². The zero-order valence-corrected chi connectivity index (χ0v) is 14.2. The molecule has 0 aliphatic rings. The van der Waals surface area contributed by atoms with Crippen molar-refractivity contribution in [2.45, 2.75) is 60.6 Å². The van der Waals surface area contributed by atoms with E-state index in [-0.39, 0.29) is 0 Å². The van der Waals surface area contributed by atoms with Crippen molar-refractivity contribution in [2.24, 2.45) is 0 Å². The van der Waals surface area contributed by atoms with Gasteiger partial charge in [0.05, 0.1) is 6.61 Å². The van der Waals surface area contributed by atoms with Gasteiger partial charge in [0.2, 0.25) is 2.33 Å². The minimum atomic E-state index is -0.520. The summed E-state index contributed by atoms with van der Waals surface area (Å²) < 4.78 is 4.90. The van der Waals surface area contributed by atoms with E-state index in [4.69, 9.17) is 4.74 Å². The van der Waals surface area contributed by atoms with Crippen LogP contribution in [0.5, 0.6) is 0 Å². The van der Waals surface area contributed by atoms with Gasteiger partial charge in [-0.1, -0.05) is 51.9 Å². The first-order valence-corrected chi connectivity index (χ1v) is 8.15. The number of alkyl halides is 3. The Bertz CT molecular complexity index is 134. The lowest BCUT2D eigenvalue weighted by atomic mass is 10.1. The van der Waals surface area contributed by atoms with Gasteiger partial charge in [-0.15, -0.1) is 0 Å². The summed E-state index contributed by atoms with van der Waals surface area (Å²) in [6, 6.07) is 0. The van der Waals surface area contributed by atoms with Gasteiger partial charge in [-0.3, -0.25) is 0 Å². The first kappa shape index (κ1) is 16.4. The average molecular weight is 409 g/mol. The van der Waals surface area contributed by atoms with Crippen molar-refractivity contribution in [1.82, 2.24) is 0 Å². The summed E-state index contributed by atoms with van der Waals surface area (Å²) in [5.41, 5.74) is 0. The van der Waals surface area contributed by atoms with Crippen LogP contribution in [0.15, 0.2) is 0 Å². The molecule has 0 fully saturated rings. The van der Waals surface area contributed by atoms with Gasteiger partial charge >= 0.3 is 0 Å². The Labute approximate surface area is 119 Å².